The number of benzene rings is 1. The van der Waals surface area contributed by atoms with Crippen LogP contribution in [0.3, 0.4) is 0 Å². The lowest BCUT2D eigenvalue weighted by atomic mass is 10.0. The topological polar surface area (TPSA) is 38.1 Å². The molecule has 116 valence electrons. The highest BCUT2D eigenvalue weighted by Crippen LogP contribution is 2.27. The highest BCUT2D eigenvalue weighted by Gasteiger charge is 2.32. The van der Waals surface area contributed by atoms with Gasteiger partial charge in [0.1, 0.15) is 11.9 Å². The number of fused-ring (bicyclic) bond motifs is 1. The maximum atomic E-state index is 13.0. The number of amides is 1. The number of halogens is 1. The fourth-order valence-corrected chi connectivity index (χ4v) is 2.94. The van der Waals surface area contributed by atoms with Gasteiger partial charge < -0.3 is 9.47 Å². The van der Waals surface area contributed by atoms with Crippen molar-refractivity contribution < 1.29 is 9.18 Å². The second-order valence-corrected chi connectivity index (χ2v) is 5.77. The molecule has 3 rings (SSSR count). The van der Waals surface area contributed by atoms with Gasteiger partial charge >= 0.3 is 0 Å². The van der Waals surface area contributed by atoms with Crippen LogP contribution in [0.5, 0.6) is 0 Å². The Bertz CT molecular complexity index is 650. The van der Waals surface area contributed by atoms with Crippen LogP contribution < -0.4 is 0 Å². The molecule has 1 amide bonds. The molecule has 0 bridgehead atoms. The van der Waals surface area contributed by atoms with Crippen molar-refractivity contribution in [3.8, 4) is 0 Å². The minimum absolute atomic E-state index is 0.128. The van der Waals surface area contributed by atoms with Gasteiger partial charge in [0.25, 0.3) is 0 Å². The van der Waals surface area contributed by atoms with E-state index in [9.17, 15) is 9.18 Å². The third-order valence-corrected chi connectivity index (χ3v) is 4.15. The molecule has 1 atom stereocenters. The first-order valence-electron chi connectivity index (χ1n) is 7.73. The summed E-state index contributed by atoms with van der Waals surface area (Å²) in [7, 11) is 0. The zero-order valence-corrected chi connectivity index (χ0v) is 12.7. The lowest BCUT2D eigenvalue weighted by Crippen LogP contribution is -2.41. The average molecular weight is 301 g/mol. The van der Waals surface area contributed by atoms with Crippen molar-refractivity contribution in [3.63, 3.8) is 0 Å². The van der Waals surface area contributed by atoms with E-state index in [1.807, 2.05) is 15.7 Å². The summed E-state index contributed by atoms with van der Waals surface area (Å²) in [4.78, 5) is 18.8. The summed E-state index contributed by atoms with van der Waals surface area (Å²) in [5.41, 5.74) is 2.00. The number of unbranched alkanes of at least 4 members (excludes halogenated alkanes) is 1. The molecule has 0 radical (unpaired) electrons. The summed E-state index contributed by atoms with van der Waals surface area (Å²) in [6.45, 7) is 3.18. The molecule has 1 aromatic heterocycles. The van der Waals surface area contributed by atoms with Gasteiger partial charge in [-0.3, -0.25) is 4.79 Å². The quantitative estimate of drug-likeness (QED) is 0.850. The smallest absolute Gasteiger partial charge is 0.246 e. The van der Waals surface area contributed by atoms with E-state index in [1.54, 1.807) is 18.5 Å². The van der Waals surface area contributed by atoms with Crippen LogP contribution in [0.2, 0.25) is 0 Å². The van der Waals surface area contributed by atoms with Crippen LogP contribution in [-0.2, 0) is 17.9 Å². The van der Waals surface area contributed by atoms with E-state index in [1.165, 1.54) is 12.1 Å². The van der Waals surface area contributed by atoms with E-state index in [0.717, 1.165) is 30.5 Å². The Morgan fingerprint density at radius 3 is 2.82 bits per heavy atom. The van der Waals surface area contributed by atoms with E-state index in [-0.39, 0.29) is 17.8 Å². The Kier molecular flexibility index (Phi) is 4.22. The normalized spacial score (nSPS) is 17.6. The summed E-state index contributed by atoms with van der Waals surface area (Å²) in [6.07, 6.45) is 6.48. The molecule has 1 aromatic carbocycles. The highest BCUT2D eigenvalue weighted by atomic mass is 19.1. The number of hydrogen-bond acceptors (Lipinski definition) is 2. The molecule has 0 aliphatic carbocycles. The van der Waals surface area contributed by atoms with Crippen molar-refractivity contribution in [2.24, 2.45) is 0 Å². The first-order valence-corrected chi connectivity index (χ1v) is 7.73. The van der Waals surface area contributed by atoms with E-state index in [2.05, 4.69) is 11.9 Å². The van der Waals surface area contributed by atoms with Crippen LogP contribution in [0.25, 0.3) is 0 Å². The number of aromatic nitrogens is 2. The zero-order chi connectivity index (χ0) is 15.5. The van der Waals surface area contributed by atoms with Gasteiger partial charge in [-0.25, -0.2) is 9.37 Å². The van der Waals surface area contributed by atoms with Crippen molar-refractivity contribution in [2.75, 3.05) is 0 Å². The minimum atomic E-state index is -0.257. The first kappa shape index (κ1) is 14.8. The van der Waals surface area contributed by atoms with Crippen LogP contribution in [0.4, 0.5) is 4.39 Å². The van der Waals surface area contributed by atoms with Crippen molar-refractivity contribution in [2.45, 2.75) is 45.3 Å². The molecule has 0 saturated carbocycles. The standard InChI is InChI=1S/C17H20FN3O/c1-2-3-4-16-17(22)20(11-15-9-19-12-21(15)16)10-13-5-7-14(18)8-6-13/h5-9,12,16H,2-4,10-11H2,1H3. The lowest BCUT2D eigenvalue weighted by Gasteiger charge is -2.34. The summed E-state index contributed by atoms with van der Waals surface area (Å²) >= 11 is 0. The van der Waals surface area contributed by atoms with Crippen LogP contribution in [0.15, 0.2) is 36.8 Å². The van der Waals surface area contributed by atoms with Gasteiger partial charge in [-0.2, -0.15) is 0 Å². The predicted octanol–water partition coefficient (Wildman–Crippen LogP) is 3.30. The summed E-state index contributed by atoms with van der Waals surface area (Å²) in [5, 5.41) is 0. The Morgan fingerprint density at radius 2 is 2.09 bits per heavy atom. The number of rotatable bonds is 5. The lowest BCUT2D eigenvalue weighted by molar-refractivity contribution is -0.138. The molecule has 0 spiro atoms. The van der Waals surface area contributed by atoms with Crippen LogP contribution >= 0.6 is 0 Å². The van der Waals surface area contributed by atoms with Gasteiger partial charge in [-0.15, -0.1) is 0 Å². The van der Waals surface area contributed by atoms with Gasteiger partial charge in [0.05, 0.1) is 18.6 Å². The van der Waals surface area contributed by atoms with Gasteiger partial charge in [0.2, 0.25) is 5.91 Å². The molecule has 1 aliphatic rings. The maximum Gasteiger partial charge on any atom is 0.246 e. The van der Waals surface area contributed by atoms with Crippen molar-refractivity contribution in [1.82, 2.24) is 14.5 Å². The number of carbonyl (C=O) groups excluding carboxylic acids is 1. The monoisotopic (exact) mass is 301 g/mol. The first-order chi connectivity index (χ1) is 10.7. The van der Waals surface area contributed by atoms with Crippen molar-refractivity contribution in [1.29, 1.82) is 0 Å². The third kappa shape index (κ3) is 2.89. The molecule has 4 nitrogen and oxygen atoms in total. The molecule has 2 heterocycles. The molecular weight excluding hydrogens is 281 g/mol. The molecule has 0 N–H and O–H groups in total. The second-order valence-electron chi connectivity index (χ2n) is 5.77. The van der Waals surface area contributed by atoms with Crippen molar-refractivity contribution in [3.05, 3.63) is 53.9 Å². The van der Waals surface area contributed by atoms with E-state index < -0.39 is 0 Å². The van der Waals surface area contributed by atoms with Crippen molar-refractivity contribution >= 4 is 5.91 Å². The number of nitrogens with zero attached hydrogens (tertiary/aromatic N) is 3. The molecule has 2 aromatic rings. The molecule has 22 heavy (non-hydrogen) atoms. The summed E-state index contributed by atoms with van der Waals surface area (Å²) in [5.74, 6) is -0.129. The van der Waals surface area contributed by atoms with Crippen LogP contribution in [0, 0.1) is 5.82 Å². The number of imidazole rings is 1. The average Bonchev–Trinajstić information content (AvgIpc) is 2.97. The van der Waals surface area contributed by atoms with Gasteiger partial charge in [0.15, 0.2) is 0 Å². The van der Waals surface area contributed by atoms with Gasteiger partial charge in [-0.1, -0.05) is 31.9 Å². The summed E-state index contributed by atoms with van der Waals surface area (Å²) < 4.78 is 15.0. The largest absolute Gasteiger partial charge is 0.331 e. The Hall–Kier alpha value is -2.17. The maximum absolute atomic E-state index is 13.0. The minimum Gasteiger partial charge on any atom is -0.331 e. The molecular formula is C17H20FN3O. The molecule has 1 unspecified atom stereocenters. The molecule has 5 heteroatoms. The fraction of sp³-hybridized carbons (Fsp3) is 0.412. The van der Waals surface area contributed by atoms with Gasteiger partial charge in [-0.05, 0) is 24.1 Å². The second kappa shape index (κ2) is 6.30. The van der Waals surface area contributed by atoms with E-state index in [0.29, 0.717) is 13.1 Å². The number of carbonyl (C=O) groups is 1. The Balaban J connectivity index is 1.81. The number of hydrogen-bond donors (Lipinski definition) is 0. The Morgan fingerprint density at radius 1 is 1.32 bits per heavy atom. The molecule has 1 aliphatic heterocycles. The third-order valence-electron chi connectivity index (χ3n) is 4.15. The van der Waals surface area contributed by atoms with Gasteiger partial charge in [0, 0.05) is 12.7 Å². The van der Waals surface area contributed by atoms with Crippen LogP contribution in [0.1, 0.15) is 43.5 Å². The fourth-order valence-electron chi connectivity index (χ4n) is 2.94. The highest BCUT2D eigenvalue weighted by molar-refractivity contribution is 5.81. The zero-order valence-electron chi connectivity index (χ0n) is 12.7. The van der Waals surface area contributed by atoms with E-state index >= 15 is 0 Å². The van der Waals surface area contributed by atoms with Crippen LogP contribution in [-0.4, -0.2) is 20.4 Å². The molecule has 0 fully saturated rings. The Labute approximate surface area is 129 Å². The predicted molar refractivity (Wildman–Crippen MR) is 81.4 cm³/mol. The summed E-state index contributed by atoms with van der Waals surface area (Å²) in [6, 6.07) is 6.17. The SMILES string of the molecule is CCCCC1C(=O)N(Cc2ccc(F)cc2)Cc2cncn21. The van der Waals surface area contributed by atoms with E-state index in [4.69, 9.17) is 0 Å². The molecule has 0 saturated heterocycles.